The summed E-state index contributed by atoms with van der Waals surface area (Å²) in [5.41, 5.74) is 0.421. The fourth-order valence-electron chi connectivity index (χ4n) is 4.20. The number of ketones is 1. The van der Waals surface area contributed by atoms with E-state index in [1.807, 2.05) is 0 Å². The molecule has 0 aliphatic heterocycles. The number of carbonyl (C=O) groups is 1. The molecule has 0 unspecified atom stereocenters. The maximum absolute atomic E-state index is 13.4. The van der Waals surface area contributed by atoms with Gasteiger partial charge in [-0.15, -0.1) is 0 Å². The van der Waals surface area contributed by atoms with E-state index >= 15 is 0 Å². The van der Waals surface area contributed by atoms with Crippen LogP contribution in [0, 0.1) is 0 Å². The molecule has 10 nitrogen and oxygen atoms in total. The first kappa shape index (κ1) is 25.4. The highest BCUT2D eigenvalue weighted by Crippen LogP contribution is 2.34. The van der Waals surface area contributed by atoms with Crippen molar-refractivity contribution < 1.29 is 26.0 Å². The van der Waals surface area contributed by atoms with Crippen molar-refractivity contribution in [1.82, 2.24) is 14.5 Å². The first-order valence-corrected chi connectivity index (χ1v) is 14.6. The van der Waals surface area contributed by atoms with Gasteiger partial charge in [0.2, 0.25) is 20.9 Å². The summed E-state index contributed by atoms with van der Waals surface area (Å²) < 4.78 is 61.6. The molecular formula is C23H30N4O6S2. The highest BCUT2D eigenvalue weighted by Gasteiger charge is 2.29. The summed E-state index contributed by atoms with van der Waals surface area (Å²) >= 11 is 0. The molecule has 12 heteroatoms. The lowest BCUT2D eigenvalue weighted by molar-refractivity contribution is 0.0999. The van der Waals surface area contributed by atoms with E-state index in [0.717, 1.165) is 25.7 Å². The fraction of sp³-hybridized carbons (Fsp3) is 0.478. The second-order valence-electron chi connectivity index (χ2n) is 9.77. The minimum absolute atomic E-state index is 0.0650. The number of rotatable bonds is 8. The van der Waals surface area contributed by atoms with Gasteiger partial charge in [-0.25, -0.2) is 21.6 Å². The summed E-state index contributed by atoms with van der Waals surface area (Å²) in [5, 5.41) is 4.78. The molecule has 2 N–H and O–H groups in total. The van der Waals surface area contributed by atoms with Gasteiger partial charge in [0.05, 0.1) is 23.0 Å². The molecule has 0 radical (unpaired) electrons. The molecule has 1 aliphatic carbocycles. The summed E-state index contributed by atoms with van der Waals surface area (Å²) in [5.74, 6) is -0.761. The Morgan fingerprint density at radius 3 is 2.43 bits per heavy atom. The van der Waals surface area contributed by atoms with Gasteiger partial charge in [-0.05, 0) is 70.9 Å². The molecule has 2 heterocycles. The Bertz CT molecular complexity index is 1470. The number of hydrogen-bond donors (Lipinski definition) is 2. The molecule has 2 aromatic heterocycles. The van der Waals surface area contributed by atoms with E-state index in [0.29, 0.717) is 16.6 Å². The Morgan fingerprint density at radius 1 is 1.11 bits per heavy atom. The standard InChI is InChI=1S/C23H30N4O6S2/c1-5-34(29,30)25-15-10-11-17-18(14-15)27(16-8-6-7-9-16)24-21(17)22(28)19-12-13-20(33-19)35(31,32)26-23(2,3)4/h10-14,16,25-26H,5-9H2,1-4H3. The number of nitrogens with one attached hydrogen (secondary N) is 2. The van der Waals surface area contributed by atoms with Gasteiger partial charge in [0, 0.05) is 10.9 Å². The highest BCUT2D eigenvalue weighted by atomic mass is 32.2. The first-order chi connectivity index (χ1) is 16.3. The zero-order valence-corrected chi connectivity index (χ0v) is 21.8. The number of nitrogens with zero attached hydrogens (tertiary/aromatic N) is 2. The first-order valence-electron chi connectivity index (χ1n) is 11.5. The van der Waals surface area contributed by atoms with Gasteiger partial charge in [0.25, 0.3) is 10.0 Å². The number of anilines is 1. The summed E-state index contributed by atoms with van der Waals surface area (Å²) in [4.78, 5) is 13.4. The van der Waals surface area contributed by atoms with Crippen molar-refractivity contribution in [3.8, 4) is 0 Å². The summed E-state index contributed by atoms with van der Waals surface area (Å²) in [6.45, 7) is 6.66. The third-order valence-corrected chi connectivity index (χ3v) is 8.69. The maximum atomic E-state index is 13.4. The summed E-state index contributed by atoms with van der Waals surface area (Å²) in [6.07, 6.45) is 3.88. The SMILES string of the molecule is CCS(=O)(=O)Nc1ccc2c(C(=O)c3ccc(S(=O)(=O)NC(C)(C)C)o3)nn(C3CCCC3)c2c1. The van der Waals surface area contributed by atoms with Crippen molar-refractivity contribution >= 4 is 42.4 Å². The van der Waals surface area contributed by atoms with Crippen LogP contribution in [-0.2, 0) is 20.0 Å². The van der Waals surface area contributed by atoms with E-state index in [-0.39, 0.29) is 28.3 Å². The van der Waals surface area contributed by atoms with E-state index in [1.54, 1.807) is 50.6 Å². The Kier molecular flexibility index (Phi) is 6.58. The number of furan rings is 1. The second-order valence-corrected chi connectivity index (χ2v) is 13.4. The van der Waals surface area contributed by atoms with Crippen molar-refractivity contribution in [1.29, 1.82) is 0 Å². The average molecular weight is 523 g/mol. The van der Waals surface area contributed by atoms with Gasteiger partial charge < -0.3 is 4.42 Å². The molecule has 0 saturated heterocycles. The number of carbonyl (C=O) groups excluding carboxylic acids is 1. The van der Waals surface area contributed by atoms with Gasteiger partial charge in [0.1, 0.15) is 5.69 Å². The molecule has 0 atom stereocenters. The van der Waals surface area contributed by atoms with Gasteiger partial charge in [0.15, 0.2) is 5.76 Å². The normalized spacial score (nSPS) is 15.7. The quantitative estimate of drug-likeness (QED) is 0.429. The van der Waals surface area contributed by atoms with Crippen LogP contribution in [0.2, 0.25) is 0 Å². The summed E-state index contributed by atoms with van der Waals surface area (Å²) in [6, 6.07) is 7.56. The van der Waals surface area contributed by atoms with Crippen LogP contribution in [0.4, 0.5) is 5.69 Å². The molecular weight excluding hydrogens is 492 g/mol. The van der Waals surface area contributed by atoms with Crippen molar-refractivity contribution in [3.63, 3.8) is 0 Å². The summed E-state index contributed by atoms with van der Waals surface area (Å²) in [7, 11) is -7.42. The third-order valence-electron chi connectivity index (χ3n) is 5.76. The maximum Gasteiger partial charge on any atom is 0.274 e. The van der Waals surface area contributed by atoms with Crippen LogP contribution >= 0.6 is 0 Å². The Balaban J connectivity index is 1.75. The second kappa shape index (κ2) is 9.07. The van der Waals surface area contributed by atoms with Crippen molar-refractivity contribution in [2.24, 2.45) is 0 Å². The molecule has 4 rings (SSSR count). The lowest BCUT2D eigenvalue weighted by atomic mass is 10.1. The molecule has 35 heavy (non-hydrogen) atoms. The third kappa shape index (κ3) is 5.44. The van der Waals surface area contributed by atoms with Gasteiger partial charge in [-0.3, -0.25) is 14.2 Å². The number of sulfonamides is 2. The number of fused-ring (bicyclic) bond motifs is 1. The topological polar surface area (TPSA) is 140 Å². The van der Waals surface area contributed by atoms with Crippen LogP contribution in [0.3, 0.4) is 0 Å². The molecule has 1 aromatic carbocycles. The van der Waals surface area contributed by atoms with Crippen LogP contribution < -0.4 is 9.44 Å². The average Bonchev–Trinajstić information content (AvgIpc) is 3.50. The van der Waals surface area contributed by atoms with Crippen molar-refractivity contribution in [2.45, 2.75) is 70.1 Å². The number of hydrogen-bond acceptors (Lipinski definition) is 7. The van der Waals surface area contributed by atoms with Crippen LogP contribution in [-0.4, -0.2) is 43.7 Å². The molecule has 3 aromatic rings. The molecule has 1 fully saturated rings. The smallest absolute Gasteiger partial charge is 0.274 e. The lowest BCUT2D eigenvalue weighted by Gasteiger charge is -2.18. The van der Waals surface area contributed by atoms with Gasteiger partial charge in [-0.1, -0.05) is 12.8 Å². The molecule has 0 spiro atoms. The van der Waals surface area contributed by atoms with E-state index in [4.69, 9.17) is 4.42 Å². The van der Waals surface area contributed by atoms with Crippen LogP contribution in [0.25, 0.3) is 10.9 Å². The predicted octanol–water partition coefficient (Wildman–Crippen LogP) is 3.81. The minimum atomic E-state index is -3.95. The van der Waals surface area contributed by atoms with E-state index in [9.17, 15) is 21.6 Å². The van der Waals surface area contributed by atoms with Crippen LogP contribution in [0.1, 0.15) is 75.7 Å². The number of benzene rings is 1. The Labute approximate surface area is 205 Å². The van der Waals surface area contributed by atoms with Gasteiger partial charge in [-0.2, -0.15) is 5.10 Å². The van der Waals surface area contributed by atoms with Crippen molar-refractivity contribution in [3.05, 3.63) is 41.8 Å². The fourth-order valence-corrected chi connectivity index (χ4v) is 6.19. The largest absolute Gasteiger partial charge is 0.440 e. The molecule has 1 aliphatic rings. The highest BCUT2D eigenvalue weighted by molar-refractivity contribution is 7.92. The zero-order valence-electron chi connectivity index (χ0n) is 20.2. The van der Waals surface area contributed by atoms with Crippen LogP contribution in [0.5, 0.6) is 0 Å². The monoisotopic (exact) mass is 522 g/mol. The molecule has 0 bridgehead atoms. The minimum Gasteiger partial charge on any atom is -0.440 e. The Morgan fingerprint density at radius 2 is 1.80 bits per heavy atom. The van der Waals surface area contributed by atoms with Crippen LogP contribution in [0.15, 0.2) is 39.8 Å². The van der Waals surface area contributed by atoms with Gasteiger partial charge >= 0.3 is 0 Å². The molecule has 190 valence electrons. The lowest BCUT2D eigenvalue weighted by Crippen LogP contribution is -2.40. The molecule has 0 amide bonds. The van der Waals surface area contributed by atoms with Crippen molar-refractivity contribution in [2.75, 3.05) is 10.5 Å². The van der Waals surface area contributed by atoms with E-state index in [2.05, 4.69) is 14.5 Å². The number of aromatic nitrogens is 2. The zero-order chi connectivity index (χ0) is 25.6. The van der Waals surface area contributed by atoms with E-state index in [1.165, 1.54) is 12.1 Å². The Hall–Kier alpha value is -2.70. The van der Waals surface area contributed by atoms with E-state index < -0.39 is 31.4 Å². The molecule has 1 saturated carbocycles. The predicted molar refractivity (Wildman–Crippen MR) is 133 cm³/mol.